The summed E-state index contributed by atoms with van der Waals surface area (Å²) >= 11 is 12.8. The fourth-order valence-corrected chi connectivity index (χ4v) is 4.18. The molecule has 3 aromatic carbocycles. The van der Waals surface area contributed by atoms with Gasteiger partial charge in [-0.3, -0.25) is 14.5 Å². The maximum atomic E-state index is 13.1. The molecule has 0 saturated carbocycles. The number of imide groups is 1. The molecule has 1 aliphatic rings. The summed E-state index contributed by atoms with van der Waals surface area (Å²) in [6, 6.07) is 18.2. The van der Waals surface area contributed by atoms with Gasteiger partial charge in [0.05, 0.1) is 21.5 Å². The number of ether oxygens (including phenoxy) is 1. The van der Waals surface area contributed by atoms with Crippen LogP contribution in [0.2, 0.25) is 10.0 Å². The maximum Gasteiger partial charge on any atom is 0.293 e. The number of carbonyl (C=O) groups is 2. The van der Waals surface area contributed by atoms with E-state index in [9.17, 15) is 14.0 Å². The minimum absolute atomic E-state index is 0.101. The predicted molar refractivity (Wildman–Crippen MR) is 125 cm³/mol. The summed E-state index contributed by atoms with van der Waals surface area (Å²) in [5.74, 6) is -0.0888. The fourth-order valence-electron chi connectivity index (χ4n) is 3.02. The van der Waals surface area contributed by atoms with Crippen LogP contribution in [0.15, 0.2) is 71.6 Å². The van der Waals surface area contributed by atoms with Gasteiger partial charge in [-0.15, -0.1) is 0 Å². The summed E-state index contributed by atoms with van der Waals surface area (Å²) in [7, 11) is 0. The van der Waals surface area contributed by atoms with Crippen molar-refractivity contribution in [1.29, 1.82) is 0 Å². The normalized spacial score (nSPS) is 15.0. The fraction of sp³-hybridized carbons (Fsp3) is 0.0833. The minimum Gasteiger partial charge on any atom is -0.489 e. The van der Waals surface area contributed by atoms with Crippen molar-refractivity contribution in [2.24, 2.45) is 0 Å². The molecule has 0 unspecified atom stereocenters. The van der Waals surface area contributed by atoms with Crippen LogP contribution < -0.4 is 4.74 Å². The van der Waals surface area contributed by atoms with Crippen LogP contribution in [-0.4, -0.2) is 16.0 Å². The van der Waals surface area contributed by atoms with Crippen LogP contribution in [0, 0.1) is 5.82 Å². The van der Waals surface area contributed by atoms with Crippen LogP contribution in [0.5, 0.6) is 5.75 Å². The number of benzene rings is 3. The quantitative estimate of drug-likeness (QED) is 0.353. The molecule has 1 saturated heterocycles. The van der Waals surface area contributed by atoms with Gasteiger partial charge in [0, 0.05) is 0 Å². The van der Waals surface area contributed by atoms with E-state index in [4.69, 9.17) is 27.9 Å². The third kappa shape index (κ3) is 5.33. The standard InChI is InChI=1S/C24H16Cl2FNO3S/c25-20-10-5-17(11-21(20)26)14-31-19-8-3-15(4-9-19)12-22-23(29)28(24(30)32-22)13-16-1-6-18(27)7-2-16/h1-12H,13-14H2/b22-12-. The first-order valence-corrected chi connectivity index (χ1v) is 11.1. The highest BCUT2D eigenvalue weighted by Gasteiger charge is 2.34. The van der Waals surface area contributed by atoms with Gasteiger partial charge in [-0.05, 0) is 70.9 Å². The van der Waals surface area contributed by atoms with Crippen molar-refractivity contribution in [3.63, 3.8) is 0 Å². The van der Waals surface area contributed by atoms with Gasteiger partial charge in [0.25, 0.3) is 11.1 Å². The molecular formula is C24H16Cl2FNO3S. The number of amides is 2. The van der Waals surface area contributed by atoms with E-state index >= 15 is 0 Å². The Morgan fingerprint density at radius 1 is 0.906 bits per heavy atom. The van der Waals surface area contributed by atoms with Crippen molar-refractivity contribution in [3.8, 4) is 5.75 Å². The maximum absolute atomic E-state index is 13.1. The first-order valence-electron chi connectivity index (χ1n) is 9.55. The van der Waals surface area contributed by atoms with Gasteiger partial charge in [-0.1, -0.05) is 53.5 Å². The molecule has 4 nitrogen and oxygen atoms in total. The van der Waals surface area contributed by atoms with Gasteiger partial charge in [0.15, 0.2) is 0 Å². The van der Waals surface area contributed by atoms with Crippen LogP contribution >= 0.6 is 35.0 Å². The SMILES string of the molecule is O=C1S/C(=C\c2ccc(OCc3ccc(Cl)c(Cl)c3)cc2)C(=O)N1Cc1ccc(F)cc1. The highest BCUT2D eigenvalue weighted by atomic mass is 35.5. The molecular weight excluding hydrogens is 472 g/mol. The highest BCUT2D eigenvalue weighted by Crippen LogP contribution is 2.33. The van der Waals surface area contributed by atoms with Gasteiger partial charge in [-0.2, -0.15) is 0 Å². The summed E-state index contributed by atoms with van der Waals surface area (Å²) in [5, 5.41) is 0.602. The molecule has 0 bridgehead atoms. The predicted octanol–water partition coefficient (Wildman–Crippen LogP) is 6.95. The molecule has 1 fully saturated rings. The van der Waals surface area contributed by atoms with Gasteiger partial charge in [0.2, 0.25) is 0 Å². The number of rotatable bonds is 6. The van der Waals surface area contributed by atoms with Crippen molar-refractivity contribution in [2.75, 3.05) is 0 Å². The van der Waals surface area contributed by atoms with Crippen molar-refractivity contribution >= 4 is 52.2 Å². The van der Waals surface area contributed by atoms with Crippen molar-refractivity contribution in [1.82, 2.24) is 4.90 Å². The summed E-state index contributed by atoms with van der Waals surface area (Å²) in [6.45, 7) is 0.433. The Kier molecular flexibility index (Phi) is 6.84. The number of hydrogen-bond donors (Lipinski definition) is 0. The van der Waals surface area contributed by atoms with Gasteiger partial charge >= 0.3 is 0 Å². The summed E-state index contributed by atoms with van der Waals surface area (Å²) in [6.07, 6.45) is 1.66. The zero-order valence-electron chi connectivity index (χ0n) is 16.6. The summed E-state index contributed by atoms with van der Waals surface area (Å²) in [4.78, 5) is 26.4. The lowest BCUT2D eigenvalue weighted by Crippen LogP contribution is -2.27. The molecule has 0 aromatic heterocycles. The van der Waals surface area contributed by atoms with Crippen LogP contribution in [0.25, 0.3) is 6.08 Å². The van der Waals surface area contributed by atoms with Gasteiger partial charge in [0.1, 0.15) is 18.2 Å². The Bertz CT molecular complexity index is 1200. The van der Waals surface area contributed by atoms with Crippen LogP contribution in [0.4, 0.5) is 9.18 Å². The Hall–Kier alpha value is -2.80. The number of halogens is 3. The minimum atomic E-state index is -0.371. The van der Waals surface area contributed by atoms with E-state index in [0.717, 1.165) is 27.8 Å². The molecule has 32 heavy (non-hydrogen) atoms. The Morgan fingerprint density at radius 3 is 2.28 bits per heavy atom. The Balaban J connectivity index is 1.40. The van der Waals surface area contributed by atoms with Crippen LogP contribution in [0.1, 0.15) is 16.7 Å². The second-order valence-corrected chi connectivity index (χ2v) is 8.81. The molecule has 0 radical (unpaired) electrons. The van der Waals surface area contributed by atoms with E-state index in [0.29, 0.717) is 32.9 Å². The third-order valence-corrected chi connectivity index (χ3v) is 6.34. The molecule has 2 amide bonds. The summed E-state index contributed by atoms with van der Waals surface area (Å²) < 4.78 is 18.8. The van der Waals surface area contributed by atoms with E-state index in [1.165, 1.54) is 12.1 Å². The molecule has 3 aromatic rings. The molecule has 0 spiro atoms. The zero-order valence-corrected chi connectivity index (χ0v) is 18.9. The monoisotopic (exact) mass is 487 g/mol. The topological polar surface area (TPSA) is 46.6 Å². The molecule has 0 N–H and O–H groups in total. The lowest BCUT2D eigenvalue weighted by molar-refractivity contribution is -0.123. The molecule has 1 aliphatic heterocycles. The molecule has 4 rings (SSSR count). The summed E-state index contributed by atoms with van der Waals surface area (Å²) in [5.41, 5.74) is 2.33. The second-order valence-electron chi connectivity index (χ2n) is 7.00. The number of nitrogens with zero attached hydrogens (tertiary/aromatic N) is 1. The Labute approximate surface area is 198 Å². The third-order valence-electron chi connectivity index (χ3n) is 4.69. The number of carbonyl (C=O) groups excluding carboxylic acids is 2. The van der Waals surface area contributed by atoms with E-state index in [1.807, 2.05) is 6.07 Å². The van der Waals surface area contributed by atoms with Crippen LogP contribution in [-0.2, 0) is 17.9 Å². The lowest BCUT2D eigenvalue weighted by Gasteiger charge is -2.12. The second kappa shape index (κ2) is 9.77. The average molecular weight is 488 g/mol. The van der Waals surface area contributed by atoms with Crippen LogP contribution in [0.3, 0.4) is 0 Å². The van der Waals surface area contributed by atoms with Crippen molar-refractivity contribution in [2.45, 2.75) is 13.2 Å². The Morgan fingerprint density at radius 2 is 1.59 bits per heavy atom. The van der Waals surface area contributed by atoms with Gasteiger partial charge in [-0.25, -0.2) is 4.39 Å². The zero-order chi connectivity index (χ0) is 22.7. The van der Waals surface area contributed by atoms with E-state index in [2.05, 4.69) is 0 Å². The van der Waals surface area contributed by atoms with E-state index in [-0.39, 0.29) is 23.5 Å². The van der Waals surface area contributed by atoms with E-state index < -0.39 is 0 Å². The molecule has 0 aliphatic carbocycles. The number of hydrogen-bond acceptors (Lipinski definition) is 4. The molecule has 162 valence electrons. The largest absolute Gasteiger partial charge is 0.489 e. The molecule has 8 heteroatoms. The highest BCUT2D eigenvalue weighted by molar-refractivity contribution is 8.18. The van der Waals surface area contributed by atoms with Crippen molar-refractivity contribution < 1.29 is 18.7 Å². The lowest BCUT2D eigenvalue weighted by atomic mass is 10.2. The molecule has 1 heterocycles. The first-order chi connectivity index (χ1) is 15.4. The van der Waals surface area contributed by atoms with Crippen molar-refractivity contribution in [3.05, 3.63) is 104 Å². The smallest absolute Gasteiger partial charge is 0.293 e. The number of thioether (sulfide) groups is 1. The van der Waals surface area contributed by atoms with Gasteiger partial charge < -0.3 is 4.74 Å². The average Bonchev–Trinajstić information content (AvgIpc) is 3.04. The van der Waals surface area contributed by atoms with E-state index in [1.54, 1.807) is 54.6 Å². The molecule has 0 atom stereocenters. The first kappa shape index (κ1) is 22.4.